The van der Waals surface area contributed by atoms with Crippen LogP contribution in [0.4, 0.5) is 11.4 Å². The second-order valence-electron chi connectivity index (χ2n) is 6.51. The van der Waals surface area contributed by atoms with Crippen LogP contribution >= 0.6 is 0 Å². The van der Waals surface area contributed by atoms with Crippen LogP contribution in [-0.4, -0.2) is 37.6 Å². The molecule has 1 heterocycles. The molecule has 140 valence electrons. The van der Waals surface area contributed by atoms with E-state index >= 15 is 0 Å². The van der Waals surface area contributed by atoms with Gasteiger partial charge in [0.15, 0.2) is 6.61 Å². The summed E-state index contributed by atoms with van der Waals surface area (Å²) in [5, 5.41) is 3.82. The van der Waals surface area contributed by atoms with Gasteiger partial charge in [0.1, 0.15) is 0 Å². The van der Waals surface area contributed by atoms with Crippen molar-refractivity contribution in [3.05, 3.63) is 60.3 Å². The highest BCUT2D eigenvalue weighted by molar-refractivity contribution is 5.93. The number of H-pyrrole nitrogens is 1. The molecule has 6 nitrogen and oxygen atoms in total. The molecular weight excluding hydrogens is 342 g/mol. The van der Waals surface area contributed by atoms with E-state index in [-0.39, 0.29) is 18.9 Å². The Labute approximate surface area is 158 Å². The Balaban J connectivity index is 1.44. The van der Waals surface area contributed by atoms with Gasteiger partial charge in [0, 0.05) is 49.0 Å². The number of nitrogens with one attached hydrogen (secondary N) is 2. The first-order chi connectivity index (χ1) is 13.0. The van der Waals surface area contributed by atoms with Crippen molar-refractivity contribution in [1.82, 2.24) is 4.98 Å². The molecule has 1 aromatic heterocycles. The maximum Gasteiger partial charge on any atom is 0.306 e. The minimum absolute atomic E-state index is 0.229. The van der Waals surface area contributed by atoms with Gasteiger partial charge in [-0.1, -0.05) is 18.2 Å². The van der Waals surface area contributed by atoms with Crippen LogP contribution in [-0.2, 0) is 20.7 Å². The fraction of sp³-hybridized carbons (Fsp3) is 0.238. The van der Waals surface area contributed by atoms with Gasteiger partial charge in [-0.3, -0.25) is 9.59 Å². The first kappa shape index (κ1) is 18.5. The van der Waals surface area contributed by atoms with Crippen LogP contribution in [0.2, 0.25) is 0 Å². The minimum atomic E-state index is -0.390. The van der Waals surface area contributed by atoms with Crippen molar-refractivity contribution >= 4 is 34.2 Å². The molecular formula is C21H23N3O3. The zero-order valence-electron chi connectivity index (χ0n) is 15.5. The molecule has 0 aliphatic carbocycles. The second kappa shape index (κ2) is 8.40. The number of fused-ring (bicyclic) bond motifs is 1. The highest BCUT2D eigenvalue weighted by Gasteiger charge is 2.10. The summed E-state index contributed by atoms with van der Waals surface area (Å²) in [7, 11) is 3.90. The van der Waals surface area contributed by atoms with Crippen LogP contribution in [0.1, 0.15) is 12.0 Å². The monoisotopic (exact) mass is 365 g/mol. The fourth-order valence-electron chi connectivity index (χ4n) is 2.83. The maximum atomic E-state index is 11.9. The SMILES string of the molecule is CN(C)c1ccc(NC(=O)COC(=O)CCc2c[nH]c3ccccc23)cc1. The summed E-state index contributed by atoms with van der Waals surface area (Å²) in [6, 6.07) is 15.4. The van der Waals surface area contributed by atoms with Crippen molar-refractivity contribution in [2.75, 3.05) is 30.9 Å². The van der Waals surface area contributed by atoms with Crippen LogP contribution in [0.15, 0.2) is 54.7 Å². The Bertz CT molecular complexity index is 929. The van der Waals surface area contributed by atoms with Gasteiger partial charge in [0.05, 0.1) is 0 Å². The largest absolute Gasteiger partial charge is 0.456 e. The molecule has 3 aromatic rings. The molecule has 0 fully saturated rings. The van der Waals surface area contributed by atoms with Crippen LogP contribution in [0, 0.1) is 0 Å². The number of aromatic amines is 1. The number of carbonyl (C=O) groups excluding carboxylic acids is 2. The maximum absolute atomic E-state index is 11.9. The number of rotatable bonds is 7. The van der Waals surface area contributed by atoms with Crippen LogP contribution in [0.5, 0.6) is 0 Å². The molecule has 0 aliphatic heterocycles. The normalized spacial score (nSPS) is 10.6. The number of para-hydroxylation sites is 1. The quantitative estimate of drug-likeness (QED) is 0.630. The summed E-state index contributed by atoms with van der Waals surface area (Å²) in [5.41, 5.74) is 3.81. The Morgan fingerprint density at radius 2 is 1.81 bits per heavy atom. The van der Waals surface area contributed by atoms with Gasteiger partial charge in [0.25, 0.3) is 5.91 Å². The summed E-state index contributed by atoms with van der Waals surface area (Å²) in [6.45, 7) is -0.290. The summed E-state index contributed by atoms with van der Waals surface area (Å²) in [4.78, 5) is 29.0. The highest BCUT2D eigenvalue weighted by atomic mass is 16.5. The molecule has 0 spiro atoms. The van der Waals surface area contributed by atoms with Crippen LogP contribution < -0.4 is 10.2 Å². The van der Waals surface area contributed by atoms with Crippen LogP contribution in [0.3, 0.4) is 0 Å². The zero-order valence-corrected chi connectivity index (χ0v) is 15.5. The molecule has 0 unspecified atom stereocenters. The van der Waals surface area contributed by atoms with Crippen molar-refractivity contribution in [3.63, 3.8) is 0 Å². The van der Waals surface area contributed by atoms with E-state index in [9.17, 15) is 9.59 Å². The molecule has 27 heavy (non-hydrogen) atoms. The number of hydrogen-bond donors (Lipinski definition) is 2. The number of aromatic nitrogens is 1. The summed E-state index contributed by atoms with van der Waals surface area (Å²) in [6.07, 6.45) is 2.70. The summed E-state index contributed by atoms with van der Waals surface area (Å²) in [5.74, 6) is -0.744. The zero-order chi connectivity index (χ0) is 19.2. The predicted octanol–water partition coefficient (Wildman–Crippen LogP) is 3.35. The van der Waals surface area contributed by atoms with E-state index in [2.05, 4.69) is 10.3 Å². The lowest BCUT2D eigenvalue weighted by molar-refractivity contribution is -0.147. The molecule has 2 aromatic carbocycles. The fourth-order valence-corrected chi connectivity index (χ4v) is 2.83. The number of benzene rings is 2. The third kappa shape index (κ3) is 4.88. The van der Waals surface area contributed by atoms with Gasteiger partial charge in [-0.2, -0.15) is 0 Å². The van der Waals surface area contributed by atoms with Gasteiger partial charge in [-0.25, -0.2) is 0 Å². The number of esters is 1. The first-order valence-electron chi connectivity index (χ1n) is 8.81. The number of anilines is 2. The average Bonchev–Trinajstić information content (AvgIpc) is 3.08. The van der Waals surface area contributed by atoms with E-state index in [4.69, 9.17) is 4.74 Å². The van der Waals surface area contributed by atoms with Crippen molar-refractivity contribution in [1.29, 1.82) is 0 Å². The number of ether oxygens (including phenoxy) is 1. The number of aryl methyl sites for hydroxylation is 1. The Hall–Kier alpha value is -3.28. The van der Waals surface area contributed by atoms with Gasteiger partial charge >= 0.3 is 5.97 Å². The third-order valence-corrected chi connectivity index (χ3v) is 4.31. The standard InChI is InChI=1S/C21H23N3O3/c1-24(2)17-10-8-16(9-11-17)23-20(25)14-27-21(26)12-7-15-13-22-19-6-4-3-5-18(15)19/h3-6,8-11,13,22H,7,12,14H2,1-2H3,(H,23,25). The highest BCUT2D eigenvalue weighted by Crippen LogP contribution is 2.19. The van der Waals surface area contributed by atoms with Gasteiger partial charge in [-0.05, 0) is 42.3 Å². The predicted molar refractivity (Wildman–Crippen MR) is 107 cm³/mol. The molecule has 2 N–H and O–H groups in total. The van der Waals surface area contributed by atoms with Crippen molar-refractivity contribution in [2.45, 2.75) is 12.8 Å². The van der Waals surface area contributed by atoms with Crippen molar-refractivity contribution in [3.8, 4) is 0 Å². The molecule has 6 heteroatoms. The molecule has 3 rings (SSSR count). The second-order valence-corrected chi connectivity index (χ2v) is 6.51. The van der Waals surface area contributed by atoms with Gasteiger partial charge < -0.3 is 19.9 Å². The van der Waals surface area contributed by atoms with E-state index in [1.807, 2.05) is 73.7 Å². The number of amides is 1. The number of carbonyl (C=O) groups is 2. The third-order valence-electron chi connectivity index (χ3n) is 4.31. The lowest BCUT2D eigenvalue weighted by Crippen LogP contribution is -2.21. The Morgan fingerprint density at radius 1 is 1.07 bits per heavy atom. The van der Waals surface area contributed by atoms with Crippen LogP contribution in [0.25, 0.3) is 10.9 Å². The van der Waals surface area contributed by atoms with E-state index in [0.717, 1.165) is 22.2 Å². The number of nitrogens with zero attached hydrogens (tertiary/aromatic N) is 1. The van der Waals surface area contributed by atoms with E-state index < -0.39 is 5.97 Å². The van der Waals surface area contributed by atoms with E-state index in [0.29, 0.717) is 12.1 Å². The summed E-state index contributed by atoms with van der Waals surface area (Å²) < 4.78 is 5.08. The topological polar surface area (TPSA) is 74.4 Å². The summed E-state index contributed by atoms with van der Waals surface area (Å²) >= 11 is 0. The molecule has 0 aliphatic rings. The van der Waals surface area contributed by atoms with E-state index in [1.54, 1.807) is 0 Å². The molecule has 0 bridgehead atoms. The van der Waals surface area contributed by atoms with Gasteiger partial charge in [-0.15, -0.1) is 0 Å². The smallest absolute Gasteiger partial charge is 0.306 e. The minimum Gasteiger partial charge on any atom is -0.456 e. The van der Waals surface area contributed by atoms with Crippen molar-refractivity contribution < 1.29 is 14.3 Å². The molecule has 0 saturated carbocycles. The van der Waals surface area contributed by atoms with E-state index in [1.165, 1.54) is 0 Å². The lowest BCUT2D eigenvalue weighted by atomic mass is 10.1. The molecule has 0 atom stereocenters. The molecule has 0 saturated heterocycles. The van der Waals surface area contributed by atoms with Gasteiger partial charge in [0.2, 0.25) is 0 Å². The Morgan fingerprint density at radius 3 is 2.56 bits per heavy atom. The Kier molecular flexibility index (Phi) is 5.76. The van der Waals surface area contributed by atoms with Crippen molar-refractivity contribution in [2.24, 2.45) is 0 Å². The molecule has 0 radical (unpaired) electrons. The molecule has 1 amide bonds. The number of hydrogen-bond acceptors (Lipinski definition) is 4. The first-order valence-corrected chi connectivity index (χ1v) is 8.81. The average molecular weight is 365 g/mol. The lowest BCUT2D eigenvalue weighted by Gasteiger charge is -2.13.